The molecule has 1 fully saturated rings. The van der Waals surface area contributed by atoms with Crippen LogP contribution < -0.4 is 19.1 Å². The fourth-order valence-corrected chi connectivity index (χ4v) is 3.48. The fourth-order valence-electron chi connectivity index (χ4n) is 3.23. The summed E-state index contributed by atoms with van der Waals surface area (Å²) in [6, 6.07) is 11.1. The van der Waals surface area contributed by atoms with Crippen molar-refractivity contribution >= 4 is 23.2 Å². The van der Waals surface area contributed by atoms with Crippen molar-refractivity contribution in [1.82, 2.24) is 4.90 Å². The number of hydrogen-bond acceptors (Lipinski definition) is 5. The number of benzene rings is 2. The summed E-state index contributed by atoms with van der Waals surface area (Å²) in [7, 11) is 4.63. The number of carbonyl (C=O) groups is 1. The molecule has 2 aromatic rings. The molecule has 3 rings (SSSR count). The van der Waals surface area contributed by atoms with Gasteiger partial charge < -0.3 is 24.0 Å². The Bertz CT molecular complexity index is 820. The SMILES string of the molecule is COc1cc(OC)c(C(=O)N2CCN(c3ccccc3Cl)CC2)cc1OC. The van der Waals surface area contributed by atoms with E-state index in [1.54, 1.807) is 26.4 Å². The van der Waals surface area contributed by atoms with Gasteiger partial charge in [-0.25, -0.2) is 0 Å². The van der Waals surface area contributed by atoms with E-state index in [1.165, 1.54) is 7.11 Å². The van der Waals surface area contributed by atoms with Crippen molar-refractivity contribution in [1.29, 1.82) is 0 Å². The van der Waals surface area contributed by atoms with Gasteiger partial charge in [0.25, 0.3) is 5.91 Å². The maximum atomic E-state index is 13.1. The molecule has 0 N–H and O–H groups in total. The molecule has 6 nitrogen and oxygen atoms in total. The molecule has 144 valence electrons. The quantitative estimate of drug-likeness (QED) is 0.783. The van der Waals surface area contributed by atoms with Crippen LogP contribution in [0.3, 0.4) is 0 Å². The predicted molar refractivity (Wildman–Crippen MR) is 106 cm³/mol. The normalized spacial score (nSPS) is 14.1. The van der Waals surface area contributed by atoms with Gasteiger partial charge >= 0.3 is 0 Å². The van der Waals surface area contributed by atoms with Gasteiger partial charge in [0.2, 0.25) is 0 Å². The Morgan fingerprint density at radius 3 is 2.07 bits per heavy atom. The Hall–Kier alpha value is -2.60. The number of methoxy groups -OCH3 is 3. The molecule has 1 aliphatic rings. The third kappa shape index (κ3) is 3.90. The summed E-state index contributed by atoms with van der Waals surface area (Å²) in [4.78, 5) is 17.1. The monoisotopic (exact) mass is 390 g/mol. The largest absolute Gasteiger partial charge is 0.496 e. The molecule has 0 aromatic heterocycles. The lowest BCUT2D eigenvalue weighted by Crippen LogP contribution is -2.49. The van der Waals surface area contributed by atoms with Crippen molar-refractivity contribution in [2.75, 3.05) is 52.4 Å². The lowest BCUT2D eigenvalue weighted by atomic mass is 10.1. The third-order valence-electron chi connectivity index (χ3n) is 4.70. The number of rotatable bonds is 5. The van der Waals surface area contributed by atoms with Gasteiger partial charge in [-0.15, -0.1) is 0 Å². The van der Waals surface area contributed by atoms with Crippen molar-refractivity contribution in [3.05, 3.63) is 47.0 Å². The molecule has 27 heavy (non-hydrogen) atoms. The van der Waals surface area contributed by atoms with Crippen LogP contribution in [-0.2, 0) is 0 Å². The molecule has 0 aliphatic carbocycles. The van der Waals surface area contributed by atoms with Gasteiger partial charge in [-0.3, -0.25) is 4.79 Å². The summed E-state index contributed by atoms with van der Waals surface area (Å²) in [6.07, 6.45) is 0. The van der Waals surface area contributed by atoms with E-state index in [0.717, 1.165) is 10.7 Å². The number of anilines is 1. The Morgan fingerprint density at radius 1 is 0.889 bits per heavy atom. The van der Waals surface area contributed by atoms with Crippen LogP contribution >= 0.6 is 11.6 Å². The molecule has 0 spiro atoms. The lowest BCUT2D eigenvalue weighted by Gasteiger charge is -2.36. The maximum absolute atomic E-state index is 13.1. The van der Waals surface area contributed by atoms with E-state index in [4.69, 9.17) is 25.8 Å². The van der Waals surface area contributed by atoms with Crippen LogP contribution in [0.5, 0.6) is 17.2 Å². The molecule has 0 atom stereocenters. The Morgan fingerprint density at radius 2 is 1.48 bits per heavy atom. The second kappa shape index (κ2) is 8.39. The number of nitrogens with zero attached hydrogens (tertiary/aromatic N) is 2. The minimum Gasteiger partial charge on any atom is -0.496 e. The number of piperazine rings is 1. The first kappa shape index (κ1) is 19.2. The number of carbonyl (C=O) groups excluding carboxylic acids is 1. The van der Waals surface area contributed by atoms with Crippen LogP contribution in [0.4, 0.5) is 5.69 Å². The van der Waals surface area contributed by atoms with Crippen molar-refractivity contribution in [3.63, 3.8) is 0 Å². The Balaban J connectivity index is 1.77. The highest BCUT2D eigenvalue weighted by Crippen LogP contribution is 2.35. The average molecular weight is 391 g/mol. The van der Waals surface area contributed by atoms with Gasteiger partial charge in [0.1, 0.15) is 5.75 Å². The zero-order valence-corrected chi connectivity index (χ0v) is 16.5. The average Bonchev–Trinajstić information content (AvgIpc) is 2.72. The summed E-state index contributed by atoms with van der Waals surface area (Å²) in [5.41, 5.74) is 1.45. The van der Waals surface area contributed by atoms with Crippen LogP contribution in [-0.4, -0.2) is 58.3 Å². The smallest absolute Gasteiger partial charge is 0.257 e. The van der Waals surface area contributed by atoms with Crippen LogP contribution in [0.1, 0.15) is 10.4 Å². The molecular formula is C20H23ClN2O4. The number of para-hydroxylation sites is 1. The van der Waals surface area contributed by atoms with E-state index in [9.17, 15) is 4.79 Å². The van der Waals surface area contributed by atoms with Gasteiger partial charge in [-0.1, -0.05) is 23.7 Å². The molecule has 0 radical (unpaired) electrons. The second-order valence-corrected chi connectivity index (χ2v) is 6.55. The highest BCUT2D eigenvalue weighted by Gasteiger charge is 2.26. The van der Waals surface area contributed by atoms with Gasteiger partial charge in [-0.2, -0.15) is 0 Å². The standard InChI is InChI=1S/C20H23ClN2O4/c1-25-17-13-19(27-3)18(26-2)12-14(17)20(24)23-10-8-22(9-11-23)16-7-5-4-6-15(16)21/h4-7,12-13H,8-11H2,1-3H3. The number of halogens is 1. The van der Waals surface area contributed by atoms with Gasteiger partial charge in [0.05, 0.1) is 37.6 Å². The predicted octanol–water partition coefficient (Wildman–Crippen LogP) is 3.33. The van der Waals surface area contributed by atoms with Crippen LogP contribution in [0.2, 0.25) is 5.02 Å². The minimum absolute atomic E-state index is 0.0911. The summed E-state index contributed by atoms with van der Waals surface area (Å²) >= 11 is 6.29. The Kier molecular flexibility index (Phi) is 5.96. The zero-order chi connectivity index (χ0) is 19.4. The highest BCUT2D eigenvalue weighted by molar-refractivity contribution is 6.33. The molecule has 1 aliphatic heterocycles. The molecule has 1 saturated heterocycles. The summed E-state index contributed by atoms with van der Waals surface area (Å²) < 4.78 is 16.0. The molecular weight excluding hydrogens is 368 g/mol. The zero-order valence-electron chi connectivity index (χ0n) is 15.7. The molecule has 0 saturated carbocycles. The lowest BCUT2D eigenvalue weighted by molar-refractivity contribution is 0.0743. The molecule has 0 unspecified atom stereocenters. The van der Waals surface area contributed by atoms with Gasteiger partial charge in [-0.05, 0) is 12.1 Å². The molecule has 1 heterocycles. The highest BCUT2D eigenvalue weighted by atomic mass is 35.5. The van der Waals surface area contributed by atoms with Crippen LogP contribution in [0, 0.1) is 0 Å². The van der Waals surface area contributed by atoms with Crippen molar-refractivity contribution in [2.45, 2.75) is 0 Å². The Labute approximate surface area is 164 Å². The molecule has 1 amide bonds. The van der Waals surface area contributed by atoms with Crippen LogP contribution in [0.25, 0.3) is 0 Å². The summed E-state index contributed by atoms with van der Waals surface area (Å²) in [5, 5.41) is 0.721. The van der Waals surface area contributed by atoms with Crippen molar-refractivity contribution in [2.24, 2.45) is 0 Å². The first-order valence-corrected chi connectivity index (χ1v) is 9.05. The maximum Gasteiger partial charge on any atom is 0.257 e. The van der Waals surface area contributed by atoms with E-state index in [-0.39, 0.29) is 5.91 Å². The van der Waals surface area contributed by atoms with E-state index in [0.29, 0.717) is 49.0 Å². The molecule has 2 aromatic carbocycles. The molecule has 0 bridgehead atoms. The number of hydrogen-bond donors (Lipinski definition) is 0. The topological polar surface area (TPSA) is 51.2 Å². The summed E-state index contributed by atoms with van der Waals surface area (Å²) in [6.45, 7) is 2.62. The van der Waals surface area contributed by atoms with Gasteiger partial charge in [0, 0.05) is 38.3 Å². The van der Waals surface area contributed by atoms with E-state index >= 15 is 0 Å². The van der Waals surface area contributed by atoms with Crippen molar-refractivity contribution in [3.8, 4) is 17.2 Å². The summed E-state index contributed by atoms with van der Waals surface area (Å²) in [5.74, 6) is 1.39. The number of amides is 1. The van der Waals surface area contributed by atoms with Crippen molar-refractivity contribution < 1.29 is 19.0 Å². The second-order valence-electron chi connectivity index (χ2n) is 6.14. The molecule has 7 heteroatoms. The van der Waals surface area contributed by atoms with Gasteiger partial charge in [0.15, 0.2) is 11.5 Å². The number of ether oxygens (including phenoxy) is 3. The first-order chi connectivity index (χ1) is 13.1. The first-order valence-electron chi connectivity index (χ1n) is 8.67. The fraction of sp³-hybridized carbons (Fsp3) is 0.350. The van der Waals surface area contributed by atoms with E-state index in [2.05, 4.69) is 4.90 Å². The third-order valence-corrected chi connectivity index (χ3v) is 5.02. The van der Waals surface area contributed by atoms with Crippen LogP contribution in [0.15, 0.2) is 36.4 Å². The van der Waals surface area contributed by atoms with E-state index < -0.39 is 0 Å². The van der Waals surface area contributed by atoms with E-state index in [1.807, 2.05) is 29.2 Å². The minimum atomic E-state index is -0.0911.